The van der Waals surface area contributed by atoms with E-state index >= 15 is 0 Å². The summed E-state index contributed by atoms with van der Waals surface area (Å²) in [5.41, 5.74) is 6.33. The van der Waals surface area contributed by atoms with Gasteiger partial charge >= 0.3 is 5.97 Å². The van der Waals surface area contributed by atoms with Crippen LogP contribution in [0.3, 0.4) is 0 Å². The Morgan fingerprint density at radius 2 is 1.58 bits per heavy atom. The van der Waals surface area contributed by atoms with Crippen LogP contribution in [0.4, 0.5) is 11.4 Å². The molecule has 0 aromatic heterocycles. The van der Waals surface area contributed by atoms with Crippen molar-refractivity contribution in [3.05, 3.63) is 106 Å². The number of benzene rings is 3. The summed E-state index contributed by atoms with van der Waals surface area (Å²) in [5.74, 6) is -0.653. The Hall–Kier alpha value is -4.65. The van der Waals surface area contributed by atoms with Crippen LogP contribution in [0.15, 0.2) is 83.6 Å². The number of ether oxygens (including phenoxy) is 2. The van der Waals surface area contributed by atoms with Crippen molar-refractivity contribution >= 4 is 35.2 Å². The zero-order valence-electron chi connectivity index (χ0n) is 22.1. The molecule has 1 aliphatic rings. The van der Waals surface area contributed by atoms with Gasteiger partial charge < -0.3 is 14.8 Å². The highest BCUT2D eigenvalue weighted by atomic mass is 16.5. The molecule has 38 heavy (non-hydrogen) atoms. The first-order valence-electron chi connectivity index (χ1n) is 12.2. The van der Waals surface area contributed by atoms with Gasteiger partial charge in [-0.1, -0.05) is 35.9 Å². The number of nitrogens with one attached hydrogen (secondary N) is 1. The van der Waals surface area contributed by atoms with E-state index in [1.807, 2.05) is 63.2 Å². The van der Waals surface area contributed by atoms with Crippen molar-refractivity contribution in [1.82, 2.24) is 0 Å². The quantitative estimate of drug-likeness (QED) is 0.335. The summed E-state index contributed by atoms with van der Waals surface area (Å²) in [5, 5.41) is 2.79. The zero-order valence-corrected chi connectivity index (χ0v) is 22.1. The number of aryl methyl sites for hydroxylation is 3. The second-order valence-electron chi connectivity index (χ2n) is 9.19. The molecule has 0 bridgehead atoms. The molecule has 0 unspecified atom stereocenters. The van der Waals surface area contributed by atoms with Gasteiger partial charge in [-0.2, -0.15) is 0 Å². The van der Waals surface area contributed by atoms with Gasteiger partial charge in [0, 0.05) is 17.1 Å². The molecule has 3 aromatic carbocycles. The Kier molecular flexibility index (Phi) is 7.76. The number of hydrogen-bond acceptors (Lipinski definition) is 5. The monoisotopic (exact) mass is 510 g/mol. The number of hydrogen-bond donors (Lipinski definition) is 1. The van der Waals surface area contributed by atoms with E-state index in [-0.39, 0.29) is 29.6 Å². The van der Waals surface area contributed by atoms with Crippen molar-refractivity contribution in [3.8, 4) is 5.75 Å². The maximum Gasteiger partial charge on any atom is 0.340 e. The van der Waals surface area contributed by atoms with Crippen LogP contribution in [0.5, 0.6) is 5.75 Å². The molecule has 0 aliphatic carbocycles. The van der Waals surface area contributed by atoms with Gasteiger partial charge in [0.25, 0.3) is 11.8 Å². The van der Waals surface area contributed by atoms with Crippen molar-refractivity contribution < 1.29 is 23.9 Å². The second kappa shape index (κ2) is 11.2. The number of esters is 1. The average Bonchev–Trinajstić information content (AvgIpc) is 3.15. The third kappa shape index (κ3) is 5.67. The van der Waals surface area contributed by atoms with Gasteiger partial charge in [-0.15, -0.1) is 0 Å². The smallest absolute Gasteiger partial charge is 0.340 e. The standard InChI is InChI=1S/C31H30N2O5/c1-19-6-11-24(12-7-19)32-28(34)18-38-26-14-9-23(10-15-26)17-27-29(31(36)37-5)22(4)33(30(27)35)25-13-8-20(2)21(3)16-25/h6-17H,18H2,1-5H3,(H,32,34)/b27-17-. The molecule has 4 rings (SSSR count). The minimum atomic E-state index is -0.576. The molecule has 7 heteroatoms. The third-order valence-electron chi connectivity index (χ3n) is 6.43. The number of methoxy groups -OCH3 is 1. The molecule has 0 radical (unpaired) electrons. The van der Waals surface area contributed by atoms with Crippen LogP contribution in [-0.2, 0) is 19.1 Å². The highest BCUT2D eigenvalue weighted by Gasteiger charge is 2.38. The maximum atomic E-state index is 13.5. The molecule has 0 spiro atoms. The molecular weight excluding hydrogens is 480 g/mol. The first-order valence-corrected chi connectivity index (χ1v) is 12.2. The fraction of sp³-hybridized carbons (Fsp3) is 0.194. The number of allylic oxidation sites excluding steroid dienone is 1. The summed E-state index contributed by atoms with van der Waals surface area (Å²) < 4.78 is 10.6. The van der Waals surface area contributed by atoms with Crippen LogP contribution in [0, 0.1) is 20.8 Å². The molecule has 1 N–H and O–H groups in total. The lowest BCUT2D eigenvalue weighted by Crippen LogP contribution is -2.24. The minimum Gasteiger partial charge on any atom is -0.484 e. The van der Waals surface area contributed by atoms with Gasteiger partial charge in [-0.3, -0.25) is 14.5 Å². The van der Waals surface area contributed by atoms with E-state index in [1.54, 1.807) is 37.3 Å². The zero-order chi connectivity index (χ0) is 27.4. The van der Waals surface area contributed by atoms with Gasteiger partial charge in [0.2, 0.25) is 0 Å². The van der Waals surface area contributed by atoms with Crippen molar-refractivity contribution in [2.45, 2.75) is 27.7 Å². The number of nitrogens with zero attached hydrogens (tertiary/aromatic N) is 1. The summed E-state index contributed by atoms with van der Waals surface area (Å²) in [6, 6.07) is 20.2. The predicted molar refractivity (Wildman–Crippen MR) is 148 cm³/mol. The van der Waals surface area contributed by atoms with Crippen molar-refractivity contribution in [1.29, 1.82) is 0 Å². The molecule has 3 aromatic rings. The van der Waals surface area contributed by atoms with E-state index in [2.05, 4.69) is 5.32 Å². The highest BCUT2D eigenvalue weighted by molar-refractivity contribution is 6.23. The summed E-state index contributed by atoms with van der Waals surface area (Å²) >= 11 is 0. The SMILES string of the molecule is COC(=O)C1=C(C)N(c2ccc(C)c(C)c2)C(=O)/C1=C\c1ccc(OCC(=O)Nc2ccc(C)cc2)cc1. The minimum absolute atomic E-state index is 0.147. The lowest BCUT2D eigenvalue weighted by atomic mass is 10.0. The lowest BCUT2D eigenvalue weighted by Gasteiger charge is -2.19. The Bertz CT molecular complexity index is 1450. The van der Waals surface area contributed by atoms with Gasteiger partial charge in [0.05, 0.1) is 18.3 Å². The lowest BCUT2D eigenvalue weighted by molar-refractivity contribution is -0.136. The number of amides is 2. The maximum absolute atomic E-state index is 13.5. The normalized spacial score (nSPS) is 14.2. The molecule has 0 saturated heterocycles. The number of carbonyl (C=O) groups excluding carboxylic acids is 3. The van der Waals surface area contributed by atoms with E-state index in [1.165, 1.54) is 12.0 Å². The Morgan fingerprint density at radius 3 is 2.21 bits per heavy atom. The molecule has 2 amide bonds. The molecule has 0 atom stereocenters. The Labute approximate surface area is 222 Å². The van der Waals surface area contributed by atoms with Crippen LogP contribution < -0.4 is 15.0 Å². The summed E-state index contributed by atoms with van der Waals surface area (Å²) in [6.07, 6.45) is 1.66. The van der Waals surface area contributed by atoms with E-state index in [0.717, 1.165) is 16.7 Å². The van der Waals surface area contributed by atoms with E-state index in [4.69, 9.17) is 9.47 Å². The molecule has 194 valence electrons. The average molecular weight is 511 g/mol. The van der Waals surface area contributed by atoms with Crippen molar-refractivity contribution in [2.24, 2.45) is 0 Å². The number of carbonyl (C=O) groups is 3. The fourth-order valence-electron chi connectivity index (χ4n) is 4.17. The van der Waals surface area contributed by atoms with Gasteiger partial charge in [0.15, 0.2) is 6.61 Å². The van der Waals surface area contributed by atoms with Gasteiger partial charge in [-0.25, -0.2) is 4.79 Å². The fourth-order valence-corrected chi connectivity index (χ4v) is 4.17. The number of anilines is 2. The Morgan fingerprint density at radius 1 is 0.895 bits per heavy atom. The van der Waals surface area contributed by atoms with Gasteiger partial charge in [-0.05, 0) is 86.9 Å². The summed E-state index contributed by atoms with van der Waals surface area (Å²) in [6.45, 7) is 7.55. The van der Waals surface area contributed by atoms with Gasteiger partial charge in [0.1, 0.15) is 5.75 Å². The van der Waals surface area contributed by atoms with Crippen LogP contribution >= 0.6 is 0 Å². The largest absolute Gasteiger partial charge is 0.484 e. The molecular formula is C31H30N2O5. The van der Waals surface area contributed by atoms with E-state index < -0.39 is 5.97 Å². The second-order valence-corrected chi connectivity index (χ2v) is 9.19. The van der Waals surface area contributed by atoms with Crippen LogP contribution in [0.25, 0.3) is 6.08 Å². The third-order valence-corrected chi connectivity index (χ3v) is 6.43. The predicted octanol–water partition coefficient (Wildman–Crippen LogP) is 5.51. The molecule has 0 fully saturated rings. The van der Waals surface area contributed by atoms with E-state index in [9.17, 15) is 14.4 Å². The topological polar surface area (TPSA) is 84.9 Å². The molecule has 1 heterocycles. The molecule has 1 aliphatic heterocycles. The highest BCUT2D eigenvalue weighted by Crippen LogP contribution is 2.36. The Balaban J connectivity index is 1.51. The van der Waals surface area contributed by atoms with Crippen LogP contribution in [0.2, 0.25) is 0 Å². The number of rotatable bonds is 7. The van der Waals surface area contributed by atoms with Crippen LogP contribution in [-0.4, -0.2) is 31.5 Å². The first-order chi connectivity index (χ1) is 18.2. The summed E-state index contributed by atoms with van der Waals surface area (Å²) in [7, 11) is 1.30. The van der Waals surface area contributed by atoms with Crippen LogP contribution in [0.1, 0.15) is 29.2 Å². The van der Waals surface area contributed by atoms with E-state index in [0.29, 0.717) is 28.4 Å². The van der Waals surface area contributed by atoms with Crippen molar-refractivity contribution in [3.63, 3.8) is 0 Å². The summed E-state index contributed by atoms with van der Waals surface area (Å²) in [4.78, 5) is 39.9. The first kappa shape index (κ1) is 26.4. The van der Waals surface area contributed by atoms with Crippen molar-refractivity contribution in [2.75, 3.05) is 23.9 Å². The molecule has 7 nitrogen and oxygen atoms in total. The molecule has 0 saturated carbocycles.